The minimum atomic E-state index is -0.216. The van der Waals surface area contributed by atoms with Gasteiger partial charge in [0.05, 0.1) is 18.2 Å². The monoisotopic (exact) mass is 332 g/mol. The topological polar surface area (TPSA) is 54.5 Å². The lowest BCUT2D eigenvalue weighted by Crippen LogP contribution is -2.24. The van der Waals surface area contributed by atoms with E-state index < -0.39 is 0 Å². The van der Waals surface area contributed by atoms with E-state index in [4.69, 9.17) is 5.26 Å². The maximum atomic E-state index is 13.3. The van der Waals surface area contributed by atoms with Crippen LogP contribution in [0.4, 0.5) is 4.39 Å². The maximum Gasteiger partial charge on any atom is 0.137 e. The molecule has 4 rings (SSSR count). The molecule has 1 aliphatic carbocycles. The molecule has 0 N–H and O–H groups in total. The molecule has 2 aromatic carbocycles. The Balaban J connectivity index is 1.75. The predicted molar refractivity (Wildman–Crippen MR) is 91.4 cm³/mol. The zero-order valence-corrected chi connectivity index (χ0v) is 13.6. The van der Waals surface area contributed by atoms with Gasteiger partial charge in [-0.1, -0.05) is 18.2 Å². The summed E-state index contributed by atoms with van der Waals surface area (Å²) in [7, 11) is 0. The predicted octanol–water partition coefficient (Wildman–Crippen LogP) is 3.80. The van der Waals surface area contributed by atoms with Gasteiger partial charge in [0.25, 0.3) is 0 Å². The van der Waals surface area contributed by atoms with Crippen LogP contribution in [0.1, 0.15) is 40.5 Å². The Kier molecular flexibility index (Phi) is 4.02. The summed E-state index contributed by atoms with van der Waals surface area (Å²) in [6.45, 7) is 0.709. The van der Waals surface area contributed by atoms with Gasteiger partial charge in [-0.05, 0) is 59.7 Å². The van der Waals surface area contributed by atoms with Crippen molar-refractivity contribution in [1.29, 1.82) is 5.26 Å². The summed E-state index contributed by atoms with van der Waals surface area (Å²) in [5, 5.41) is 13.4. The van der Waals surface area contributed by atoms with E-state index in [-0.39, 0.29) is 17.7 Å². The van der Waals surface area contributed by atoms with Crippen LogP contribution in [0.2, 0.25) is 0 Å². The van der Waals surface area contributed by atoms with Crippen molar-refractivity contribution in [3.8, 4) is 6.07 Å². The van der Waals surface area contributed by atoms with Crippen molar-refractivity contribution in [3.05, 3.63) is 83.2 Å². The second kappa shape index (κ2) is 6.48. The number of nitrogens with zero attached hydrogens (tertiary/aromatic N) is 4. The van der Waals surface area contributed by atoms with Gasteiger partial charge in [-0.3, -0.25) is 4.68 Å². The first-order chi connectivity index (χ1) is 12.2. The van der Waals surface area contributed by atoms with Crippen LogP contribution in [-0.2, 0) is 13.0 Å². The van der Waals surface area contributed by atoms with Crippen LogP contribution in [0.15, 0.2) is 55.1 Å². The van der Waals surface area contributed by atoms with Gasteiger partial charge >= 0.3 is 0 Å². The summed E-state index contributed by atoms with van der Waals surface area (Å²) in [6, 6.07) is 14.9. The van der Waals surface area contributed by atoms with Gasteiger partial charge in [-0.2, -0.15) is 10.4 Å². The Labute approximate surface area is 145 Å². The molecule has 0 saturated heterocycles. The number of nitriles is 1. The molecule has 2 unspecified atom stereocenters. The molecule has 124 valence electrons. The average Bonchev–Trinajstić information content (AvgIpc) is 3.15. The normalized spacial score (nSPS) is 19.2. The van der Waals surface area contributed by atoms with Crippen molar-refractivity contribution >= 4 is 0 Å². The maximum absolute atomic E-state index is 13.3. The summed E-state index contributed by atoms with van der Waals surface area (Å²) in [5.74, 6) is 0.278. The molecule has 25 heavy (non-hydrogen) atoms. The molecular formula is C20H17FN4. The lowest BCUT2D eigenvalue weighted by Gasteiger charge is -2.34. The van der Waals surface area contributed by atoms with Gasteiger partial charge in [0.1, 0.15) is 18.5 Å². The van der Waals surface area contributed by atoms with E-state index in [1.807, 2.05) is 28.9 Å². The quantitative estimate of drug-likeness (QED) is 0.733. The average molecular weight is 332 g/mol. The highest BCUT2D eigenvalue weighted by Crippen LogP contribution is 2.43. The number of rotatable bonds is 3. The van der Waals surface area contributed by atoms with Gasteiger partial charge < -0.3 is 0 Å². The molecule has 0 aliphatic heterocycles. The van der Waals surface area contributed by atoms with Crippen molar-refractivity contribution in [2.75, 3.05) is 0 Å². The summed E-state index contributed by atoms with van der Waals surface area (Å²) >= 11 is 0. The van der Waals surface area contributed by atoms with E-state index in [0.29, 0.717) is 12.1 Å². The fourth-order valence-corrected chi connectivity index (χ4v) is 3.85. The van der Waals surface area contributed by atoms with Crippen LogP contribution in [0, 0.1) is 17.1 Å². The summed E-state index contributed by atoms with van der Waals surface area (Å²) < 4.78 is 15.2. The summed E-state index contributed by atoms with van der Waals surface area (Å²) in [6.07, 6.45) is 5.14. The SMILES string of the molecule is N#Cc1ccc2c(c1)CCC(c1ccc(F)cc1)C2Cn1cncn1. The van der Waals surface area contributed by atoms with E-state index in [2.05, 4.69) is 22.2 Å². The Morgan fingerprint density at radius 2 is 2.04 bits per heavy atom. The second-order valence-corrected chi connectivity index (χ2v) is 6.45. The first kappa shape index (κ1) is 15.5. The summed E-state index contributed by atoms with van der Waals surface area (Å²) in [4.78, 5) is 4.04. The van der Waals surface area contributed by atoms with E-state index in [1.54, 1.807) is 6.33 Å². The Bertz CT molecular complexity index is 910. The number of hydrogen-bond acceptors (Lipinski definition) is 3. The van der Waals surface area contributed by atoms with E-state index in [9.17, 15) is 4.39 Å². The molecule has 0 radical (unpaired) electrons. The zero-order valence-electron chi connectivity index (χ0n) is 13.6. The lowest BCUT2D eigenvalue weighted by atomic mass is 9.72. The fraction of sp³-hybridized carbons (Fsp3) is 0.250. The van der Waals surface area contributed by atoms with Crippen molar-refractivity contribution < 1.29 is 4.39 Å². The third-order valence-electron chi connectivity index (χ3n) is 5.03. The third-order valence-corrected chi connectivity index (χ3v) is 5.03. The van der Waals surface area contributed by atoms with Crippen LogP contribution in [-0.4, -0.2) is 14.8 Å². The highest BCUT2D eigenvalue weighted by molar-refractivity contribution is 5.43. The molecule has 5 heteroatoms. The second-order valence-electron chi connectivity index (χ2n) is 6.45. The molecule has 0 bridgehead atoms. The fourth-order valence-electron chi connectivity index (χ4n) is 3.85. The van der Waals surface area contributed by atoms with Gasteiger partial charge in [0.15, 0.2) is 0 Å². The first-order valence-electron chi connectivity index (χ1n) is 8.35. The van der Waals surface area contributed by atoms with Crippen LogP contribution in [0.25, 0.3) is 0 Å². The van der Waals surface area contributed by atoms with Gasteiger partial charge in [0.2, 0.25) is 0 Å². The zero-order chi connectivity index (χ0) is 17.2. The van der Waals surface area contributed by atoms with Crippen molar-refractivity contribution in [2.24, 2.45) is 0 Å². The molecule has 0 saturated carbocycles. The molecule has 3 aromatic rings. The molecule has 2 atom stereocenters. The number of halogens is 1. The lowest BCUT2D eigenvalue weighted by molar-refractivity contribution is 0.404. The highest BCUT2D eigenvalue weighted by atomic mass is 19.1. The largest absolute Gasteiger partial charge is 0.252 e. The van der Waals surface area contributed by atoms with E-state index in [1.165, 1.54) is 29.6 Å². The number of hydrogen-bond donors (Lipinski definition) is 0. The standard InChI is InChI=1S/C20H17FN4/c21-17-5-2-15(3-6-17)18-8-4-16-9-14(10-22)1-7-19(16)20(18)11-25-13-23-12-24-25/h1-3,5-7,9,12-13,18,20H,4,8,11H2. The molecule has 4 nitrogen and oxygen atoms in total. The van der Waals surface area contributed by atoms with E-state index >= 15 is 0 Å². The molecule has 0 spiro atoms. The van der Waals surface area contributed by atoms with Crippen LogP contribution < -0.4 is 0 Å². The molecule has 1 aliphatic rings. The first-order valence-corrected chi connectivity index (χ1v) is 8.35. The Hall–Kier alpha value is -3.00. The molecule has 1 aromatic heterocycles. The molecular weight excluding hydrogens is 315 g/mol. The molecule has 1 heterocycles. The minimum Gasteiger partial charge on any atom is -0.252 e. The molecule has 0 fully saturated rings. The Morgan fingerprint density at radius 1 is 1.20 bits per heavy atom. The smallest absolute Gasteiger partial charge is 0.137 e. The number of benzene rings is 2. The number of fused-ring (bicyclic) bond motifs is 1. The molecule has 0 amide bonds. The van der Waals surface area contributed by atoms with Crippen molar-refractivity contribution in [3.63, 3.8) is 0 Å². The van der Waals surface area contributed by atoms with Crippen LogP contribution in [0.5, 0.6) is 0 Å². The van der Waals surface area contributed by atoms with Gasteiger partial charge in [0, 0.05) is 5.92 Å². The van der Waals surface area contributed by atoms with Crippen molar-refractivity contribution in [1.82, 2.24) is 14.8 Å². The van der Waals surface area contributed by atoms with Crippen molar-refractivity contribution in [2.45, 2.75) is 31.2 Å². The third kappa shape index (κ3) is 3.03. The number of aryl methyl sites for hydroxylation is 1. The van der Waals surface area contributed by atoms with Gasteiger partial charge in [-0.25, -0.2) is 9.37 Å². The highest BCUT2D eigenvalue weighted by Gasteiger charge is 2.31. The van der Waals surface area contributed by atoms with E-state index in [0.717, 1.165) is 18.4 Å². The van der Waals surface area contributed by atoms with Crippen LogP contribution >= 0.6 is 0 Å². The van der Waals surface area contributed by atoms with Gasteiger partial charge in [-0.15, -0.1) is 0 Å². The Morgan fingerprint density at radius 3 is 2.76 bits per heavy atom. The summed E-state index contributed by atoms with van der Waals surface area (Å²) in [5.41, 5.74) is 4.30. The minimum absolute atomic E-state index is 0.212. The number of aromatic nitrogens is 3. The van der Waals surface area contributed by atoms with Crippen LogP contribution in [0.3, 0.4) is 0 Å².